The van der Waals surface area contributed by atoms with E-state index in [2.05, 4.69) is 17.6 Å². The molecule has 2 N–H and O–H groups in total. The zero-order valence-electron chi connectivity index (χ0n) is 15.5. The minimum atomic E-state index is -0.401. The van der Waals surface area contributed by atoms with Crippen molar-refractivity contribution in [2.75, 3.05) is 23.8 Å². The van der Waals surface area contributed by atoms with Crippen molar-refractivity contribution in [3.8, 4) is 0 Å². The lowest BCUT2D eigenvalue weighted by atomic mass is 10.1. The molecule has 6 nitrogen and oxygen atoms in total. The number of amides is 3. The summed E-state index contributed by atoms with van der Waals surface area (Å²) in [5.74, 6) is -0.820. The fraction of sp³-hybridized carbons (Fsp3) is 0.286. The molecular weight excluding hydrogens is 342 g/mol. The number of nitrogens with zero attached hydrogens (tertiary/aromatic N) is 1. The summed E-state index contributed by atoms with van der Waals surface area (Å²) in [5, 5.41) is 5.38. The second-order valence-electron chi connectivity index (χ2n) is 6.57. The van der Waals surface area contributed by atoms with Crippen LogP contribution in [0.2, 0.25) is 0 Å². The molecule has 140 valence electrons. The number of carbonyl (C=O) groups is 3. The highest BCUT2D eigenvalue weighted by atomic mass is 16.2. The van der Waals surface area contributed by atoms with Crippen LogP contribution < -0.4 is 15.5 Å². The van der Waals surface area contributed by atoms with Gasteiger partial charge in [0, 0.05) is 37.0 Å². The number of rotatable bonds is 5. The molecule has 0 aromatic heterocycles. The number of nitrogens with one attached hydrogen (secondary N) is 2. The molecule has 1 atom stereocenters. The lowest BCUT2D eigenvalue weighted by Crippen LogP contribution is -2.28. The van der Waals surface area contributed by atoms with Gasteiger partial charge < -0.3 is 15.5 Å². The molecule has 6 heteroatoms. The minimum Gasteiger partial charge on any atom is -0.355 e. The van der Waals surface area contributed by atoms with Crippen LogP contribution in [0.5, 0.6) is 0 Å². The topological polar surface area (TPSA) is 78.5 Å². The van der Waals surface area contributed by atoms with Gasteiger partial charge in [0.15, 0.2) is 0 Å². The molecule has 3 amide bonds. The van der Waals surface area contributed by atoms with Crippen LogP contribution in [0.25, 0.3) is 0 Å². The fourth-order valence-corrected chi connectivity index (χ4v) is 3.14. The molecule has 2 aromatic carbocycles. The van der Waals surface area contributed by atoms with E-state index in [0.29, 0.717) is 17.8 Å². The maximum atomic E-state index is 12.5. The first-order valence-corrected chi connectivity index (χ1v) is 9.04. The number of hydrogen-bond donors (Lipinski definition) is 2. The van der Waals surface area contributed by atoms with Crippen LogP contribution in [0.3, 0.4) is 0 Å². The van der Waals surface area contributed by atoms with Crippen LogP contribution in [0, 0.1) is 5.92 Å². The summed E-state index contributed by atoms with van der Waals surface area (Å²) in [6, 6.07) is 14.5. The average molecular weight is 365 g/mol. The smallest absolute Gasteiger partial charge is 0.251 e. The third kappa shape index (κ3) is 4.16. The van der Waals surface area contributed by atoms with E-state index >= 15 is 0 Å². The van der Waals surface area contributed by atoms with Gasteiger partial charge in [-0.25, -0.2) is 0 Å². The molecule has 1 aliphatic heterocycles. The summed E-state index contributed by atoms with van der Waals surface area (Å²) in [7, 11) is 1.57. The first-order chi connectivity index (χ1) is 13.0. The highest BCUT2D eigenvalue weighted by Crippen LogP contribution is 2.26. The Morgan fingerprint density at radius 3 is 2.33 bits per heavy atom. The van der Waals surface area contributed by atoms with E-state index in [0.717, 1.165) is 12.1 Å². The Morgan fingerprint density at radius 2 is 1.74 bits per heavy atom. The van der Waals surface area contributed by atoms with Crippen molar-refractivity contribution in [1.82, 2.24) is 5.32 Å². The van der Waals surface area contributed by atoms with Gasteiger partial charge in [-0.1, -0.05) is 19.1 Å². The number of hydrogen-bond acceptors (Lipinski definition) is 3. The van der Waals surface area contributed by atoms with E-state index in [-0.39, 0.29) is 24.1 Å². The van der Waals surface area contributed by atoms with E-state index in [1.54, 1.807) is 36.2 Å². The molecule has 1 heterocycles. The summed E-state index contributed by atoms with van der Waals surface area (Å²) in [4.78, 5) is 38.1. The predicted molar refractivity (Wildman–Crippen MR) is 105 cm³/mol. The summed E-state index contributed by atoms with van der Waals surface area (Å²) in [5.41, 5.74) is 3.15. The van der Waals surface area contributed by atoms with Crippen molar-refractivity contribution in [1.29, 1.82) is 0 Å². The number of anilines is 2. The molecule has 3 rings (SSSR count). The van der Waals surface area contributed by atoms with Gasteiger partial charge >= 0.3 is 0 Å². The maximum Gasteiger partial charge on any atom is 0.251 e. The molecule has 0 aliphatic carbocycles. The zero-order valence-corrected chi connectivity index (χ0v) is 15.5. The largest absolute Gasteiger partial charge is 0.355 e. The van der Waals surface area contributed by atoms with Crippen LogP contribution >= 0.6 is 0 Å². The Hall–Kier alpha value is -3.15. The Bertz CT molecular complexity index is 844. The van der Waals surface area contributed by atoms with E-state index < -0.39 is 5.92 Å². The van der Waals surface area contributed by atoms with E-state index in [4.69, 9.17) is 0 Å². The van der Waals surface area contributed by atoms with Crippen molar-refractivity contribution >= 4 is 29.1 Å². The van der Waals surface area contributed by atoms with Gasteiger partial charge in [-0.3, -0.25) is 14.4 Å². The highest BCUT2D eigenvalue weighted by Gasteiger charge is 2.35. The standard InChI is InChI=1S/C21H23N3O3/c1-3-14-4-10-18(11-5-14)24-13-16(12-19(24)25)21(27)23-17-8-6-15(7-9-17)20(26)22-2/h4-11,16H,3,12-13H2,1-2H3,(H,22,26)(H,23,27). The quantitative estimate of drug-likeness (QED) is 0.855. The van der Waals surface area contributed by atoms with Gasteiger partial charge in [0.2, 0.25) is 11.8 Å². The van der Waals surface area contributed by atoms with Crippen LogP contribution in [0.15, 0.2) is 48.5 Å². The second kappa shape index (κ2) is 8.03. The van der Waals surface area contributed by atoms with Gasteiger partial charge in [-0.15, -0.1) is 0 Å². The minimum absolute atomic E-state index is 0.0469. The summed E-state index contributed by atoms with van der Waals surface area (Å²) in [6.45, 7) is 2.45. The number of benzene rings is 2. The Balaban J connectivity index is 1.64. The van der Waals surface area contributed by atoms with Crippen molar-refractivity contribution in [3.63, 3.8) is 0 Å². The molecule has 27 heavy (non-hydrogen) atoms. The first kappa shape index (κ1) is 18.6. The fourth-order valence-electron chi connectivity index (χ4n) is 3.14. The normalized spacial score (nSPS) is 16.3. The maximum absolute atomic E-state index is 12.5. The first-order valence-electron chi connectivity index (χ1n) is 9.04. The lowest BCUT2D eigenvalue weighted by Gasteiger charge is -2.17. The van der Waals surface area contributed by atoms with Crippen LogP contribution in [-0.2, 0) is 16.0 Å². The Kier molecular flexibility index (Phi) is 5.54. The predicted octanol–water partition coefficient (Wildman–Crippen LogP) is 2.60. The lowest BCUT2D eigenvalue weighted by molar-refractivity contribution is -0.122. The van der Waals surface area contributed by atoms with Crippen molar-refractivity contribution in [2.24, 2.45) is 5.92 Å². The molecule has 2 aromatic rings. The molecule has 1 saturated heterocycles. The molecular formula is C21H23N3O3. The zero-order chi connectivity index (χ0) is 19.4. The van der Waals surface area contributed by atoms with Crippen molar-refractivity contribution < 1.29 is 14.4 Å². The average Bonchev–Trinajstić information content (AvgIpc) is 3.10. The van der Waals surface area contributed by atoms with E-state index in [9.17, 15) is 14.4 Å². The van der Waals surface area contributed by atoms with Gasteiger partial charge in [-0.05, 0) is 48.4 Å². The van der Waals surface area contributed by atoms with Gasteiger partial charge in [0.25, 0.3) is 5.91 Å². The number of aryl methyl sites for hydroxylation is 1. The van der Waals surface area contributed by atoms with Crippen LogP contribution in [0.4, 0.5) is 11.4 Å². The van der Waals surface area contributed by atoms with Gasteiger partial charge in [-0.2, -0.15) is 0 Å². The van der Waals surface area contributed by atoms with Gasteiger partial charge in [0.1, 0.15) is 0 Å². The molecule has 1 fully saturated rings. The molecule has 0 saturated carbocycles. The number of carbonyl (C=O) groups excluding carboxylic acids is 3. The van der Waals surface area contributed by atoms with Crippen molar-refractivity contribution in [2.45, 2.75) is 19.8 Å². The Labute approximate surface area is 158 Å². The summed E-state index contributed by atoms with van der Waals surface area (Å²) >= 11 is 0. The second-order valence-corrected chi connectivity index (χ2v) is 6.57. The van der Waals surface area contributed by atoms with Gasteiger partial charge in [0.05, 0.1) is 5.92 Å². The highest BCUT2D eigenvalue weighted by molar-refractivity contribution is 6.03. The summed E-state index contributed by atoms with van der Waals surface area (Å²) < 4.78 is 0. The molecule has 0 spiro atoms. The SMILES string of the molecule is CCc1ccc(N2CC(C(=O)Nc3ccc(C(=O)NC)cc3)CC2=O)cc1. The van der Waals surface area contributed by atoms with Crippen LogP contribution in [0.1, 0.15) is 29.3 Å². The van der Waals surface area contributed by atoms with Crippen molar-refractivity contribution in [3.05, 3.63) is 59.7 Å². The molecule has 1 unspecified atom stereocenters. The molecule has 1 aliphatic rings. The molecule has 0 bridgehead atoms. The van der Waals surface area contributed by atoms with E-state index in [1.165, 1.54) is 5.56 Å². The summed E-state index contributed by atoms with van der Waals surface area (Å²) in [6.07, 6.45) is 1.13. The third-order valence-corrected chi connectivity index (χ3v) is 4.79. The van der Waals surface area contributed by atoms with E-state index in [1.807, 2.05) is 24.3 Å². The Morgan fingerprint density at radius 1 is 1.07 bits per heavy atom. The van der Waals surface area contributed by atoms with Crippen LogP contribution in [-0.4, -0.2) is 31.3 Å². The molecule has 0 radical (unpaired) electrons. The monoisotopic (exact) mass is 365 g/mol. The third-order valence-electron chi connectivity index (χ3n) is 4.79.